The zero-order chi connectivity index (χ0) is 8.85. The largest absolute Gasteiger partial charge is 0.274 e. The SMILES string of the molecule is CC.CC(=O)n1ccnc1Cl. The highest BCUT2D eigenvalue weighted by Gasteiger charge is 2.00. The summed E-state index contributed by atoms with van der Waals surface area (Å²) < 4.78 is 1.27. The first-order chi connectivity index (χ1) is 5.22. The number of carbonyl (C=O) groups is 1. The molecule has 0 aliphatic carbocycles. The lowest BCUT2D eigenvalue weighted by Gasteiger charge is -1.92. The van der Waals surface area contributed by atoms with Crippen LogP contribution in [0, 0.1) is 0 Å². The van der Waals surface area contributed by atoms with E-state index in [0.717, 1.165) is 0 Å². The normalized spacial score (nSPS) is 8.36. The molecule has 1 heterocycles. The molecule has 0 spiro atoms. The summed E-state index contributed by atoms with van der Waals surface area (Å²) in [5, 5.41) is 0.211. The van der Waals surface area contributed by atoms with Gasteiger partial charge in [0.05, 0.1) is 0 Å². The van der Waals surface area contributed by atoms with E-state index in [9.17, 15) is 4.79 Å². The maximum atomic E-state index is 10.6. The Bertz CT molecular complexity index is 232. The van der Waals surface area contributed by atoms with Gasteiger partial charge in [0, 0.05) is 19.3 Å². The molecule has 0 saturated heterocycles. The molecular formula is C7H11ClN2O. The lowest BCUT2D eigenvalue weighted by atomic mass is 10.7. The van der Waals surface area contributed by atoms with Crippen molar-refractivity contribution in [3.05, 3.63) is 17.7 Å². The number of carbonyl (C=O) groups excluding carboxylic acids is 1. The summed E-state index contributed by atoms with van der Waals surface area (Å²) >= 11 is 5.47. The molecule has 0 atom stereocenters. The highest BCUT2D eigenvalue weighted by atomic mass is 35.5. The van der Waals surface area contributed by atoms with Gasteiger partial charge in [-0.05, 0) is 11.6 Å². The predicted octanol–water partition coefficient (Wildman–Crippen LogP) is 2.22. The van der Waals surface area contributed by atoms with E-state index in [-0.39, 0.29) is 11.2 Å². The Balaban J connectivity index is 0.000000461. The Morgan fingerprint density at radius 2 is 2.18 bits per heavy atom. The minimum absolute atomic E-state index is 0.127. The average molecular weight is 175 g/mol. The fraction of sp³-hybridized carbons (Fsp3) is 0.429. The molecule has 0 radical (unpaired) electrons. The number of hydrogen-bond donors (Lipinski definition) is 0. The zero-order valence-electron chi connectivity index (χ0n) is 6.84. The van der Waals surface area contributed by atoms with Crippen LogP contribution in [0.2, 0.25) is 5.28 Å². The van der Waals surface area contributed by atoms with Crippen molar-refractivity contribution in [2.75, 3.05) is 0 Å². The van der Waals surface area contributed by atoms with E-state index in [1.807, 2.05) is 13.8 Å². The predicted molar refractivity (Wildman–Crippen MR) is 44.9 cm³/mol. The molecule has 1 rings (SSSR count). The van der Waals surface area contributed by atoms with E-state index in [2.05, 4.69) is 4.98 Å². The van der Waals surface area contributed by atoms with E-state index in [4.69, 9.17) is 11.6 Å². The third-order valence-corrected chi connectivity index (χ3v) is 1.21. The molecular weight excluding hydrogens is 164 g/mol. The van der Waals surface area contributed by atoms with Gasteiger partial charge >= 0.3 is 0 Å². The van der Waals surface area contributed by atoms with Crippen LogP contribution in [0.3, 0.4) is 0 Å². The van der Waals surface area contributed by atoms with Crippen LogP contribution in [-0.4, -0.2) is 15.5 Å². The first-order valence-corrected chi connectivity index (χ1v) is 3.79. The van der Waals surface area contributed by atoms with Crippen LogP contribution in [0.25, 0.3) is 0 Å². The van der Waals surface area contributed by atoms with Crippen LogP contribution in [0.4, 0.5) is 0 Å². The summed E-state index contributed by atoms with van der Waals surface area (Å²) in [6.45, 7) is 5.42. The molecule has 0 unspecified atom stereocenters. The summed E-state index contributed by atoms with van der Waals surface area (Å²) in [6.07, 6.45) is 2.99. The van der Waals surface area contributed by atoms with Gasteiger partial charge in [-0.2, -0.15) is 0 Å². The lowest BCUT2D eigenvalue weighted by molar-refractivity contribution is 0.0937. The Hall–Kier alpha value is -0.830. The zero-order valence-corrected chi connectivity index (χ0v) is 7.59. The van der Waals surface area contributed by atoms with Crippen LogP contribution in [0.1, 0.15) is 25.6 Å². The van der Waals surface area contributed by atoms with E-state index in [1.165, 1.54) is 23.9 Å². The first kappa shape index (κ1) is 10.2. The average Bonchev–Trinajstić information content (AvgIpc) is 2.39. The van der Waals surface area contributed by atoms with Gasteiger partial charge in [-0.15, -0.1) is 0 Å². The molecule has 0 bridgehead atoms. The molecule has 1 aromatic rings. The summed E-state index contributed by atoms with van der Waals surface area (Å²) in [5.74, 6) is -0.127. The van der Waals surface area contributed by atoms with Gasteiger partial charge < -0.3 is 0 Å². The fourth-order valence-electron chi connectivity index (χ4n) is 0.520. The second kappa shape index (κ2) is 4.91. The minimum Gasteiger partial charge on any atom is -0.274 e. The Morgan fingerprint density at radius 1 is 1.64 bits per heavy atom. The Morgan fingerprint density at radius 3 is 2.36 bits per heavy atom. The van der Waals surface area contributed by atoms with E-state index in [0.29, 0.717) is 0 Å². The third-order valence-electron chi connectivity index (χ3n) is 0.935. The molecule has 0 aliphatic heterocycles. The van der Waals surface area contributed by atoms with Gasteiger partial charge in [-0.25, -0.2) is 4.98 Å². The van der Waals surface area contributed by atoms with Gasteiger partial charge in [0.15, 0.2) is 0 Å². The maximum Gasteiger partial charge on any atom is 0.229 e. The summed E-state index contributed by atoms with van der Waals surface area (Å²) in [5.41, 5.74) is 0. The molecule has 3 nitrogen and oxygen atoms in total. The molecule has 11 heavy (non-hydrogen) atoms. The van der Waals surface area contributed by atoms with Crippen LogP contribution in [-0.2, 0) is 0 Å². The quantitative estimate of drug-likeness (QED) is 0.605. The topological polar surface area (TPSA) is 34.9 Å². The van der Waals surface area contributed by atoms with E-state index >= 15 is 0 Å². The van der Waals surface area contributed by atoms with Gasteiger partial charge in [-0.3, -0.25) is 9.36 Å². The van der Waals surface area contributed by atoms with Crippen LogP contribution >= 0.6 is 11.6 Å². The van der Waals surface area contributed by atoms with E-state index in [1.54, 1.807) is 0 Å². The summed E-state index contributed by atoms with van der Waals surface area (Å²) in [6, 6.07) is 0. The molecule has 0 N–H and O–H groups in total. The second-order valence-electron chi connectivity index (χ2n) is 1.59. The van der Waals surface area contributed by atoms with Gasteiger partial charge in [0.1, 0.15) is 0 Å². The number of aromatic nitrogens is 2. The monoisotopic (exact) mass is 174 g/mol. The van der Waals surface area contributed by atoms with Crippen molar-refractivity contribution in [3.8, 4) is 0 Å². The maximum absolute atomic E-state index is 10.6. The number of hydrogen-bond acceptors (Lipinski definition) is 2. The summed E-state index contributed by atoms with van der Waals surface area (Å²) in [7, 11) is 0. The van der Waals surface area contributed by atoms with Crippen molar-refractivity contribution in [1.82, 2.24) is 9.55 Å². The standard InChI is InChI=1S/C5H5ClN2O.C2H6/c1-4(9)8-3-2-7-5(8)6;1-2/h2-3H,1H3;1-2H3. The van der Waals surface area contributed by atoms with Crippen molar-refractivity contribution < 1.29 is 4.79 Å². The highest BCUT2D eigenvalue weighted by Crippen LogP contribution is 2.02. The Kier molecular flexibility index (Phi) is 4.54. The molecule has 62 valence electrons. The van der Waals surface area contributed by atoms with Crippen molar-refractivity contribution in [3.63, 3.8) is 0 Å². The van der Waals surface area contributed by atoms with Gasteiger partial charge in [0.25, 0.3) is 0 Å². The molecule has 4 heteroatoms. The smallest absolute Gasteiger partial charge is 0.229 e. The second-order valence-corrected chi connectivity index (χ2v) is 1.92. The highest BCUT2D eigenvalue weighted by molar-refractivity contribution is 6.29. The third kappa shape index (κ3) is 2.72. The van der Waals surface area contributed by atoms with Crippen LogP contribution < -0.4 is 0 Å². The molecule has 0 fully saturated rings. The molecule has 0 amide bonds. The minimum atomic E-state index is -0.127. The van der Waals surface area contributed by atoms with Crippen molar-refractivity contribution in [1.29, 1.82) is 0 Å². The first-order valence-electron chi connectivity index (χ1n) is 3.41. The Labute approximate surface area is 71.0 Å². The van der Waals surface area contributed by atoms with Gasteiger partial charge in [-0.1, -0.05) is 13.8 Å². The van der Waals surface area contributed by atoms with Crippen molar-refractivity contribution >= 4 is 17.5 Å². The number of rotatable bonds is 0. The van der Waals surface area contributed by atoms with Crippen LogP contribution in [0.15, 0.2) is 12.4 Å². The lowest BCUT2D eigenvalue weighted by Crippen LogP contribution is -2.02. The van der Waals surface area contributed by atoms with Crippen molar-refractivity contribution in [2.24, 2.45) is 0 Å². The van der Waals surface area contributed by atoms with Crippen LogP contribution in [0.5, 0.6) is 0 Å². The molecule has 0 aromatic carbocycles. The molecule has 0 aliphatic rings. The van der Waals surface area contributed by atoms with Crippen molar-refractivity contribution in [2.45, 2.75) is 20.8 Å². The molecule has 0 saturated carbocycles. The van der Waals surface area contributed by atoms with E-state index < -0.39 is 0 Å². The molecule has 1 aromatic heterocycles. The fourth-order valence-corrected chi connectivity index (χ4v) is 0.752. The number of nitrogens with zero attached hydrogens (tertiary/aromatic N) is 2. The van der Waals surface area contributed by atoms with Gasteiger partial charge in [0.2, 0.25) is 11.2 Å². The number of imidazole rings is 1. The number of halogens is 1. The summed E-state index contributed by atoms with van der Waals surface area (Å²) in [4.78, 5) is 14.2.